The summed E-state index contributed by atoms with van der Waals surface area (Å²) in [5.41, 5.74) is 1.97. The van der Waals surface area contributed by atoms with Gasteiger partial charge >= 0.3 is 0 Å². The third-order valence-electron chi connectivity index (χ3n) is 5.19. The lowest BCUT2D eigenvalue weighted by Crippen LogP contribution is -2.24. The van der Waals surface area contributed by atoms with Crippen molar-refractivity contribution in [1.29, 1.82) is 0 Å². The summed E-state index contributed by atoms with van der Waals surface area (Å²) in [5, 5.41) is 2.90. The van der Waals surface area contributed by atoms with Crippen molar-refractivity contribution in [3.05, 3.63) is 89.1 Å². The standard InChI is InChI=1S/C26H31FN2O3/c1-3-4-5-15-28-26(30)25-14-13-24(32-25)19-29(18-21-7-6-8-22(27)16-21)17-20-9-11-23(31-2)12-10-20/h6-14,16H,3-5,15,17-19H2,1-2H3,(H,28,30). The molecule has 170 valence electrons. The van der Waals surface area contributed by atoms with Crippen molar-refractivity contribution in [2.24, 2.45) is 0 Å². The van der Waals surface area contributed by atoms with Gasteiger partial charge in [0.2, 0.25) is 0 Å². The highest BCUT2D eigenvalue weighted by atomic mass is 19.1. The molecule has 6 heteroatoms. The number of hydrogen-bond donors (Lipinski definition) is 1. The fourth-order valence-electron chi connectivity index (χ4n) is 3.52. The Morgan fingerprint density at radius 1 is 1.00 bits per heavy atom. The van der Waals surface area contributed by atoms with Gasteiger partial charge in [0.1, 0.15) is 17.3 Å². The molecule has 3 aromatic rings. The normalized spacial score (nSPS) is 11.0. The Morgan fingerprint density at radius 2 is 1.78 bits per heavy atom. The van der Waals surface area contributed by atoms with Gasteiger partial charge in [-0.2, -0.15) is 0 Å². The molecule has 0 aliphatic rings. The first-order valence-electron chi connectivity index (χ1n) is 11.0. The van der Waals surface area contributed by atoms with Gasteiger partial charge in [0.05, 0.1) is 13.7 Å². The van der Waals surface area contributed by atoms with Gasteiger partial charge in [-0.3, -0.25) is 9.69 Å². The van der Waals surface area contributed by atoms with Crippen LogP contribution in [0.1, 0.15) is 53.6 Å². The zero-order valence-corrected chi connectivity index (χ0v) is 18.8. The van der Waals surface area contributed by atoms with Crippen LogP contribution in [-0.4, -0.2) is 24.5 Å². The van der Waals surface area contributed by atoms with Crippen LogP contribution in [0.4, 0.5) is 4.39 Å². The van der Waals surface area contributed by atoms with Gasteiger partial charge in [0, 0.05) is 19.6 Å². The fourth-order valence-corrected chi connectivity index (χ4v) is 3.52. The number of carbonyl (C=O) groups excluding carboxylic acids is 1. The molecule has 0 aliphatic heterocycles. The van der Waals surface area contributed by atoms with Crippen LogP contribution in [0.3, 0.4) is 0 Å². The zero-order valence-electron chi connectivity index (χ0n) is 18.8. The second-order valence-electron chi connectivity index (χ2n) is 7.85. The first kappa shape index (κ1) is 23.5. The monoisotopic (exact) mass is 438 g/mol. The summed E-state index contributed by atoms with van der Waals surface area (Å²) >= 11 is 0. The number of benzene rings is 2. The predicted octanol–water partition coefficient (Wildman–Crippen LogP) is 5.55. The quantitative estimate of drug-likeness (QED) is 0.377. The van der Waals surface area contributed by atoms with E-state index in [4.69, 9.17) is 9.15 Å². The highest BCUT2D eigenvalue weighted by Gasteiger charge is 2.15. The minimum absolute atomic E-state index is 0.195. The fraction of sp³-hybridized carbons (Fsp3) is 0.346. The molecule has 3 rings (SSSR count). The van der Waals surface area contributed by atoms with Crippen LogP contribution in [0.25, 0.3) is 0 Å². The van der Waals surface area contributed by atoms with Crippen LogP contribution in [-0.2, 0) is 19.6 Å². The molecule has 0 radical (unpaired) electrons. The number of hydrogen-bond acceptors (Lipinski definition) is 4. The molecule has 0 atom stereocenters. The maximum atomic E-state index is 13.7. The predicted molar refractivity (Wildman–Crippen MR) is 123 cm³/mol. The molecule has 0 aliphatic carbocycles. The van der Waals surface area contributed by atoms with Gasteiger partial charge in [0.15, 0.2) is 5.76 Å². The van der Waals surface area contributed by atoms with Crippen LogP contribution in [0.5, 0.6) is 5.75 Å². The first-order chi connectivity index (χ1) is 15.6. The largest absolute Gasteiger partial charge is 0.497 e. The van der Waals surface area contributed by atoms with Gasteiger partial charge < -0.3 is 14.5 Å². The highest BCUT2D eigenvalue weighted by Crippen LogP contribution is 2.19. The van der Waals surface area contributed by atoms with E-state index in [1.165, 1.54) is 6.07 Å². The van der Waals surface area contributed by atoms with Crippen LogP contribution in [0, 0.1) is 5.82 Å². The lowest BCUT2D eigenvalue weighted by atomic mass is 10.1. The molecule has 1 aromatic heterocycles. The summed E-state index contributed by atoms with van der Waals surface area (Å²) in [7, 11) is 1.64. The van der Waals surface area contributed by atoms with Gasteiger partial charge in [-0.05, 0) is 53.9 Å². The number of methoxy groups -OCH3 is 1. The molecule has 0 spiro atoms. The minimum atomic E-state index is -0.257. The Balaban J connectivity index is 1.69. The third kappa shape index (κ3) is 7.24. The average Bonchev–Trinajstić information content (AvgIpc) is 3.26. The van der Waals surface area contributed by atoms with Gasteiger partial charge in [0.25, 0.3) is 5.91 Å². The smallest absolute Gasteiger partial charge is 0.286 e. The molecule has 0 unspecified atom stereocenters. The van der Waals surface area contributed by atoms with Crippen LogP contribution in [0.15, 0.2) is 65.1 Å². The number of nitrogens with zero attached hydrogens (tertiary/aromatic N) is 1. The highest BCUT2D eigenvalue weighted by molar-refractivity contribution is 5.91. The van der Waals surface area contributed by atoms with E-state index in [-0.39, 0.29) is 11.7 Å². The van der Waals surface area contributed by atoms with E-state index in [9.17, 15) is 9.18 Å². The second-order valence-corrected chi connectivity index (χ2v) is 7.85. The summed E-state index contributed by atoms with van der Waals surface area (Å²) in [5.74, 6) is 1.34. The number of amides is 1. The lowest BCUT2D eigenvalue weighted by molar-refractivity contribution is 0.0920. The Morgan fingerprint density at radius 3 is 2.50 bits per heavy atom. The van der Waals surface area contributed by atoms with Crippen molar-refractivity contribution in [2.75, 3.05) is 13.7 Å². The lowest BCUT2D eigenvalue weighted by Gasteiger charge is -2.22. The van der Waals surface area contributed by atoms with E-state index in [0.717, 1.165) is 36.1 Å². The summed E-state index contributed by atoms with van der Waals surface area (Å²) in [6.45, 7) is 4.45. The van der Waals surface area contributed by atoms with Gasteiger partial charge in [-0.1, -0.05) is 44.0 Å². The summed E-state index contributed by atoms with van der Waals surface area (Å²) in [6.07, 6.45) is 3.15. The Kier molecular flexibility index (Phi) is 8.87. The van der Waals surface area contributed by atoms with E-state index >= 15 is 0 Å². The molecule has 0 fully saturated rings. The molecule has 0 saturated carbocycles. The third-order valence-corrected chi connectivity index (χ3v) is 5.19. The first-order valence-corrected chi connectivity index (χ1v) is 11.0. The molecule has 5 nitrogen and oxygen atoms in total. The maximum Gasteiger partial charge on any atom is 0.286 e. The number of halogens is 1. The van der Waals surface area contributed by atoms with Crippen LogP contribution >= 0.6 is 0 Å². The van der Waals surface area contributed by atoms with Crippen molar-refractivity contribution >= 4 is 5.91 Å². The van der Waals surface area contributed by atoms with E-state index in [1.54, 1.807) is 25.3 Å². The molecule has 1 heterocycles. The second kappa shape index (κ2) is 12.1. The molecular formula is C26H31FN2O3. The topological polar surface area (TPSA) is 54.7 Å². The van der Waals surface area contributed by atoms with E-state index in [1.807, 2.05) is 36.4 Å². The SMILES string of the molecule is CCCCCNC(=O)c1ccc(CN(Cc2ccc(OC)cc2)Cc2cccc(F)c2)o1. The zero-order chi connectivity index (χ0) is 22.8. The molecule has 0 saturated heterocycles. The Hall–Kier alpha value is -3.12. The van der Waals surface area contributed by atoms with E-state index in [0.29, 0.717) is 37.7 Å². The van der Waals surface area contributed by atoms with Crippen molar-refractivity contribution < 1.29 is 18.3 Å². The van der Waals surface area contributed by atoms with Crippen molar-refractivity contribution in [3.63, 3.8) is 0 Å². The molecule has 1 amide bonds. The van der Waals surface area contributed by atoms with Gasteiger partial charge in [-0.15, -0.1) is 0 Å². The molecule has 1 N–H and O–H groups in total. The minimum Gasteiger partial charge on any atom is -0.497 e. The number of unbranched alkanes of at least 4 members (excludes halogenated alkanes) is 2. The van der Waals surface area contributed by atoms with Crippen molar-refractivity contribution in [2.45, 2.75) is 45.8 Å². The Labute approximate surface area is 189 Å². The van der Waals surface area contributed by atoms with E-state index in [2.05, 4.69) is 17.1 Å². The number of furan rings is 1. The summed E-state index contributed by atoms with van der Waals surface area (Å²) < 4.78 is 24.8. The molecule has 32 heavy (non-hydrogen) atoms. The van der Waals surface area contributed by atoms with Crippen LogP contribution in [0.2, 0.25) is 0 Å². The maximum absolute atomic E-state index is 13.7. The molecule has 2 aromatic carbocycles. The Bertz CT molecular complexity index is 985. The van der Waals surface area contributed by atoms with Crippen LogP contribution < -0.4 is 10.1 Å². The number of rotatable bonds is 12. The molecular weight excluding hydrogens is 407 g/mol. The van der Waals surface area contributed by atoms with Crippen molar-refractivity contribution in [1.82, 2.24) is 10.2 Å². The number of nitrogens with one attached hydrogen (secondary N) is 1. The summed E-state index contributed by atoms with van der Waals surface area (Å²) in [4.78, 5) is 14.5. The van der Waals surface area contributed by atoms with Crippen molar-refractivity contribution in [3.8, 4) is 5.75 Å². The number of ether oxygens (including phenoxy) is 1. The summed E-state index contributed by atoms with van der Waals surface area (Å²) in [6, 6.07) is 18.0. The van der Waals surface area contributed by atoms with E-state index < -0.39 is 0 Å². The molecule has 0 bridgehead atoms. The average molecular weight is 439 g/mol. The van der Waals surface area contributed by atoms with Gasteiger partial charge in [-0.25, -0.2) is 4.39 Å². The number of carbonyl (C=O) groups is 1.